The van der Waals surface area contributed by atoms with Crippen molar-refractivity contribution in [3.8, 4) is 0 Å². The fraction of sp³-hybridized carbons (Fsp3) is 0.429. The molecule has 0 aliphatic heterocycles. The molecule has 1 aromatic heterocycles. The number of benzene rings is 1. The van der Waals surface area contributed by atoms with Crippen LogP contribution >= 0.6 is 0 Å². The first-order chi connectivity index (χ1) is 8.74. The summed E-state index contributed by atoms with van der Waals surface area (Å²) in [7, 11) is 0. The third-order valence-electron chi connectivity index (χ3n) is 3.61. The molecule has 3 rings (SSSR count). The van der Waals surface area contributed by atoms with Gasteiger partial charge < -0.3 is 9.52 Å². The van der Waals surface area contributed by atoms with Gasteiger partial charge in [0.2, 0.25) is 0 Å². The largest absolute Gasteiger partial charge is 0.478 e. The maximum Gasteiger partial charge on any atom is 0.335 e. The summed E-state index contributed by atoms with van der Waals surface area (Å²) in [5.74, 6) is 0.235. The molecule has 0 amide bonds. The van der Waals surface area contributed by atoms with E-state index >= 15 is 0 Å². The van der Waals surface area contributed by atoms with Gasteiger partial charge >= 0.3 is 5.97 Å². The van der Waals surface area contributed by atoms with E-state index < -0.39 is 5.97 Å². The Morgan fingerprint density at radius 1 is 1.28 bits per heavy atom. The summed E-state index contributed by atoms with van der Waals surface area (Å²) in [5.41, 5.74) is 1.57. The molecule has 4 heteroatoms. The summed E-state index contributed by atoms with van der Waals surface area (Å²) in [5, 5.41) is 8.94. The van der Waals surface area contributed by atoms with Gasteiger partial charge in [-0.1, -0.05) is 19.3 Å². The van der Waals surface area contributed by atoms with Crippen molar-refractivity contribution in [3.05, 3.63) is 29.7 Å². The normalized spacial score (nSPS) is 17.1. The zero-order valence-corrected chi connectivity index (χ0v) is 10.1. The Morgan fingerprint density at radius 3 is 2.78 bits per heavy atom. The Labute approximate surface area is 105 Å². The lowest BCUT2D eigenvalue weighted by Gasteiger charge is -2.17. The quantitative estimate of drug-likeness (QED) is 0.878. The van der Waals surface area contributed by atoms with E-state index in [4.69, 9.17) is 9.52 Å². The van der Waals surface area contributed by atoms with E-state index in [2.05, 4.69) is 4.98 Å². The predicted molar refractivity (Wildman–Crippen MR) is 66.8 cm³/mol. The first-order valence-electron chi connectivity index (χ1n) is 6.38. The van der Waals surface area contributed by atoms with Crippen molar-refractivity contribution in [2.75, 3.05) is 0 Å². The van der Waals surface area contributed by atoms with Crippen molar-refractivity contribution in [2.24, 2.45) is 0 Å². The molecule has 0 radical (unpaired) electrons. The minimum absolute atomic E-state index is 0.244. The Bertz CT molecular complexity index is 582. The van der Waals surface area contributed by atoms with Crippen LogP contribution in [-0.2, 0) is 0 Å². The Hall–Kier alpha value is -1.84. The number of rotatable bonds is 2. The van der Waals surface area contributed by atoms with Gasteiger partial charge in [-0.05, 0) is 31.0 Å². The standard InChI is InChI=1S/C14H15NO3/c16-14(17)10-6-7-11-12(8-10)18-13(15-11)9-4-2-1-3-5-9/h6-9H,1-5H2,(H,16,17). The Morgan fingerprint density at radius 2 is 2.06 bits per heavy atom. The maximum absolute atomic E-state index is 10.9. The number of hydrogen-bond acceptors (Lipinski definition) is 3. The second-order valence-electron chi connectivity index (χ2n) is 4.87. The summed E-state index contributed by atoms with van der Waals surface area (Å²) in [4.78, 5) is 15.4. The lowest BCUT2D eigenvalue weighted by molar-refractivity contribution is 0.0697. The molecule has 1 fully saturated rings. The fourth-order valence-electron chi connectivity index (χ4n) is 2.60. The lowest BCUT2D eigenvalue weighted by Crippen LogP contribution is -2.04. The van der Waals surface area contributed by atoms with Crippen LogP contribution in [0.4, 0.5) is 0 Å². The van der Waals surface area contributed by atoms with Crippen LogP contribution < -0.4 is 0 Å². The van der Waals surface area contributed by atoms with Crippen molar-refractivity contribution >= 4 is 17.1 Å². The topological polar surface area (TPSA) is 63.3 Å². The average molecular weight is 245 g/mol. The highest BCUT2D eigenvalue weighted by Gasteiger charge is 2.21. The molecule has 94 valence electrons. The highest BCUT2D eigenvalue weighted by Crippen LogP contribution is 2.33. The summed E-state index contributed by atoms with van der Waals surface area (Å²) in [6.07, 6.45) is 5.99. The van der Waals surface area contributed by atoms with Crippen LogP contribution in [0.25, 0.3) is 11.1 Å². The lowest BCUT2D eigenvalue weighted by atomic mass is 9.89. The Balaban J connectivity index is 1.97. The number of hydrogen-bond donors (Lipinski definition) is 1. The highest BCUT2D eigenvalue weighted by molar-refractivity contribution is 5.91. The molecule has 0 atom stereocenters. The van der Waals surface area contributed by atoms with Crippen LogP contribution in [0.1, 0.15) is 54.3 Å². The van der Waals surface area contributed by atoms with Gasteiger partial charge in [-0.2, -0.15) is 0 Å². The summed E-state index contributed by atoms with van der Waals surface area (Å²) in [6, 6.07) is 4.84. The van der Waals surface area contributed by atoms with Crippen molar-refractivity contribution in [1.82, 2.24) is 4.98 Å². The van der Waals surface area contributed by atoms with Gasteiger partial charge in [-0.15, -0.1) is 0 Å². The minimum Gasteiger partial charge on any atom is -0.478 e. The molecule has 1 aliphatic carbocycles. The number of aromatic nitrogens is 1. The molecule has 1 heterocycles. The van der Waals surface area contributed by atoms with Gasteiger partial charge in [0.05, 0.1) is 5.56 Å². The zero-order valence-electron chi connectivity index (χ0n) is 10.1. The van der Waals surface area contributed by atoms with Crippen molar-refractivity contribution in [1.29, 1.82) is 0 Å². The molecule has 1 aromatic carbocycles. The van der Waals surface area contributed by atoms with Crippen molar-refractivity contribution in [3.63, 3.8) is 0 Å². The average Bonchev–Trinajstić information content (AvgIpc) is 2.82. The zero-order chi connectivity index (χ0) is 12.5. The molecule has 1 N–H and O–H groups in total. The van der Waals surface area contributed by atoms with E-state index in [9.17, 15) is 4.79 Å². The van der Waals surface area contributed by atoms with E-state index in [0.29, 0.717) is 11.5 Å². The highest BCUT2D eigenvalue weighted by atomic mass is 16.4. The molecular weight excluding hydrogens is 230 g/mol. The molecule has 0 saturated heterocycles. The van der Waals surface area contributed by atoms with Crippen molar-refractivity contribution in [2.45, 2.75) is 38.0 Å². The molecular formula is C14H15NO3. The van der Waals surface area contributed by atoms with E-state index in [-0.39, 0.29) is 5.56 Å². The number of aromatic carboxylic acids is 1. The van der Waals surface area contributed by atoms with Gasteiger partial charge in [-0.3, -0.25) is 0 Å². The van der Waals surface area contributed by atoms with E-state index in [1.54, 1.807) is 18.2 Å². The molecule has 0 spiro atoms. The summed E-state index contributed by atoms with van der Waals surface area (Å²) < 4.78 is 5.72. The molecule has 0 unspecified atom stereocenters. The smallest absolute Gasteiger partial charge is 0.335 e. The van der Waals surface area contributed by atoms with Gasteiger partial charge in [0, 0.05) is 5.92 Å². The van der Waals surface area contributed by atoms with Gasteiger partial charge in [0.15, 0.2) is 11.5 Å². The number of nitrogens with zero attached hydrogens (tertiary/aromatic N) is 1. The second-order valence-corrected chi connectivity index (χ2v) is 4.87. The number of carbonyl (C=O) groups is 1. The first kappa shape index (κ1) is 11.3. The third-order valence-corrected chi connectivity index (χ3v) is 3.61. The van der Waals surface area contributed by atoms with Crippen LogP contribution in [0.2, 0.25) is 0 Å². The third kappa shape index (κ3) is 1.98. The second kappa shape index (κ2) is 4.44. The monoisotopic (exact) mass is 245 g/mol. The molecule has 2 aromatic rings. The fourth-order valence-corrected chi connectivity index (χ4v) is 2.60. The van der Waals surface area contributed by atoms with Crippen LogP contribution in [0.3, 0.4) is 0 Å². The number of oxazole rings is 1. The van der Waals surface area contributed by atoms with Crippen LogP contribution in [-0.4, -0.2) is 16.1 Å². The first-order valence-corrected chi connectivity index (χ1v) is 6.38. The minimum atomic E-state index is -0.937. The Kier molecular flexibility index (Phi) is 2.78. The summed E-state index contributed by atoms with van der Waals surface area (Å²) in [6.45, 7) is 0. The predicted octanol–water partition coefficient (Wildman–Crippen LogP) is 3.57. The maximum atomic E-state index is 10.9. The molecule has 1 saturated carbocycles. The van der Waals surface area contributed by atoms with Gasteiger partial charge in [0.1, 0.15) is 5.52 Å². The van der Waals surface area contributed by atoms with Crippen molar-refractivity contribution < 1.29 is 14.3 Å². The SMILES string of the molecule is O=C(O)c1ccc2nc(C3CCCCC3)oc2c1. The molecule has 4 nitrogen and oxygen atoms in total. The van der Waals surface area contributed by atoms with Crippen LogP contribution in [0.15, 0.2) is 22.6 Å². The van der Waals surface area contributed by atoms with E-state index in [0.717, 1.165) is 24.2 Å². The molecule has 18 heavy (non-hydrogen) atoms. The number of fused-ring (bicyclic) bond motifs is 1. The van der Waals surface area contributed by atoms with Gasteiger partial charge in [0.25, 0.3) is 0 Å². The number of carboxylic acids is 1. The number of carboxylic acid groups (broad SMARTS) is 1. The van der Waals surface area contributed by atoms with Crippen LogP contribution in [0.5, 0.6) is 0 Å². The van der Waals surface area contributed by atoms with E-state index in [1.807, 2.05) is 0 Å². The molecule has 0 bridgehead atoms. The molecule has 1 aliphatic rings. The van der Waals surface area contributed by atoms with Crippen LogP contribution in [0, 0.1) is 0 Å². The summed E-state index contributed by atoms with van der Waals surface area (Å²) >= 11 is 0. The van der Waals surface area contributed by atoms with E-state index in [1.165, 1.54) is 19.3 Å². The van der Waals surface area contributed by atoms with Gasteiger partial charge in [-0.25, -0.2) is 9.78 Å².